The third kappa shape index (κ3) is 2.42. The van der Waals surface area contributed by atoms with Gasteiger partial charge in [0.05, 0.1) is 12.2 Å². The fourth-order valence-corrected chi connectivity index (χ4v) is 1.72. The number of benzene rings is 1. The Morgan fingerprint density at radius 2 is 2.06 bits per heavy atom. The molecule has 0 aliphatic carbocycles. The summed E-state index contributed by atoms with van der Waals surface area (Å²) in [7, 11) is 0. The van der Waals surface area contributed by atoms with Crippen LogP contribution in [0.25, 0.3) is 0 Å². The van der Waals surface area contributed by atoms with Gasteiger partial charge in [0.1, 0.15) is 0 Å². The van der Waals surface area contributed by atoms with E-state index in [1.165, 1.54) is 0 Å². The van der Waals surface area contributed by atoms with E-state index in [1.807, 2.05) is 30.3 Å². The highest BCUT2D eigenvalue weighted by atomic mass is 16.5. The minimum atomic E-state index is 0.0816. The molecule has 0 spiro atoms. The van der Waals surface area contributed by atoms with Crippen molar-refractivity contribution in [3.63, 3.8) is 0 Å². The van der Waals surface area contributed by atoms with Gasteiger partial charge in [-0.2, -0.15) is 0 Å². The van der Waals surface area contributed by atoms with Gasteiger partial charge in [0, 0.05) is 5.69 Å². The van der Waals surface area contributed by atoms with Crippen molar-refractivity contribution >= 4 is 11.5 Å². The number of carbonyl (C=O) groups excluding carboxylic acids is 1. The molecule has 1 aromatic carbocycles. The monoisotopic (exact) mass is 217 g/mol. The zero-order valence-corrected chi connectivity index (χ0v) is 9.32. The van der Waals surface area contributed by atoms with Crippen molar-refractivity contribution in [3.8, 4) is 0 Å². The van der Waals surface area contributed by atoms with Gasteiger partial charge >= 0.3 is 0 Å². The summed E-state index contributed by atoms with van der Waals surface area (Å²) in [5.74, 6) is 0.697. The van der Waals surface area contributed by atoms with Gasteiger partial charge in [0.2, 0.25) is 0 Å². The summed E-state index contributed by atoms with van der Waals surface area (Å²) < 4.78 is 5.50. The zero-order valence-electron chi connectivity index (χ0n) is 9.32. The molecule has 1 aromatic rings. The Hall–Kier alpha value is -1.77. The number of allylic oxidation sites excluding steroid dienone is 1. The van der Waals surface area contributed by atoms with Crippen LogP contribution >= 0.6 is 0 Å². The molecular weight excluding hydrogens is 202 g/mol. The smallest absolute Gasteiger partial charge is 0.198 e. The molecule has 0 radical (unpaired) electrons. The van der Waals surface area contributed by atoms with Crippen LogP contribution in [-0.2, 0) is 9.53 Å². The lowest BCUT2D eigenvalue weighted by Gasteiger charge is -2.20. The minimum absolute atomic E-state index is 0.0816. The molecular formula is C13H15NO2. The molecule has 0 fully saturated rings. The van der Waals surface area contributed by atoms with Crippen LogP contribution in [0.4, 0.5) is 5.69 Å². The molecule has 1 heterocycles. The van der Waals surface area contributed by atoms with Crippen molar-refractivity contribution in [3.05, 3.63) is 41.8 Å². The third-order valence-electron chi connectivity index (χ3n) is 2.55. The second-order valence-corrected chi connectivity index (χ2v) is 3.81. The normalized spacial score (nSPS) is 15.6. The Morgan fingerprint density at radius 3 is 2.75 bits per heavy atom. The number of hydrogen-bond donors (Lipinski definition) is 1. The van der Waals surface area contributed by atoms with Crippen molar-refractivity contribution in [2.45, 2.75) is 19.8 Å². The van der Waals surface area contributed by atoms with Gasteiger partial charge in [-0.05, 0) is 31.9 Å². The molecule has 0 atom stereocenters. The van der Waals surface area contributed by atoms with E-state index in [9.17, 15) is 4.79 Å². The van der Waals surface area contributed by atoms with Crippen molar-refractivity contribution in [2.24, 2.45) is 0 Å². The minimum Gasteiger partial charge on any atom is -0.479 e. The van der Waals surface area contributed by atoms with E-state index in [2.05, 4.69) is 5.32 Å². The van der Waals surface area contributed by atoms with Gasteiger partial charge in [-0.1, -0.05) is 18.2 Å². The number of hydrogen-bond acceptors (Lipinski definition) is 3. The Labute approximate surface area is 95.1 Å². The predicted octanol–water partition coefficient (Wildman–Crippen LogP) is 2.71. The molecule has 2 rings (SSSR count). The van der Waals surface area contributed by atoms with Gasteiger partial charge in [-0.3, -0.25) is 4.79 Å². The third-order valence-corrected chi connectivity index (χ3v) is 2.55. The molecule has 1 N–H and O–H groups in total. The van der Waals surface area contributed by atoms with Crippen LogP contribution in [0.15, 0.2) is 41.8 Å². The Balaban J connectivity index is 2.21. The van der Waals surface area contributed by atoms with Gasteiger partial charge in [0.15, 0.2) is 11.7 Å². The lowest BCUT2D eigenvalue weighted by atomic mass is 10.1. The maximum atomic E-state index is 11.4. The molecule has 0 bridgehead atoms. The first-order valence-electron chi connectivity index (χ1n) is 5.46. The highest BCUT2D eigenvalue weighted by molar-refractivity contribution is 5.94. The van der Waals surface area contributed by atoms with Gasteiger partial charge < -0.3 is 10.1 Å². The summed E-state index contributed by atoms with van der Waals surface area (Å²) in [6, 6.07) is 9.73. The first kappa shape index (κ1) is 10.7. The average molecular weight is 217 g/mol. The lowest BCUT2D eigenvalue weighted by molar-refractivity contribution is -0.114. The Kier molecular flexibility index (Phi) is 3.25. The number of Topliss-reactive ketones (excluding diaryl/α,β-unsaturated/α-hetero) is 1. The van der Waals surface area contributed by atoms with Crippen molar-refractivity contribution < 1.29 is 9.53 Å². The quantitative estimate of drug-likeness (QED) is 0.846. The molecule has 1 aliphatic rings. The second kappa shape index (κ2) is 4.84. The van der Waals surface area contributed by atoms with Gasteiger partial charge in [-0.25, -0.2) is 0 Å². The van der Waals surface area contributed by atoms with Crippen molar-refractivity contribution in [1.29, 1.82) is 0 Å². The van der Waals surface area contributed by atoms with E-state index in [1.54, 1.807) is 6.92 Å². The zero-order chi connectivity index (χ0) is 11.4. The van der Waals surface area contributed by atoms with Crippen LogP contribution in [0, 0.1) is 0 Å². The summed E-state index contributed by atoms with van der Waals surface area (Å²) >= 11 is 0. The molecule has 16 heavy (non-hydrogen) atoms. The molecule has 1 aliphatic heterocycles. The van der Waals surface area contributed by atoms with Crippen LogP contribution in [0.1, 0.15) is 19.8 Å². The van der Waals surface area contributed by atoms with Crippen LogP contribution in [0.2, 0.25) is 0 Å². The van der Waals surface area contributed by atoms with E-state index in [0.717, 1.165) is 24.1 Å². The largest absolute Gasteiger partial charge is 0.479 e. The fourth-order valence-electron chi connectivity index (χ4n) is 1.72. The molecule has 0 aromatic heterocycles. The van der Waals surface area contributed by atoms with E-state index < -0.39 is 0 Å². The maximum absolute atomic E-state index is 11.4. The molecule has 0 amide bonds. The van der Waals surface area contributed by atoms with E-state index in [0.29, 0.717) is 12.5 Å². The number of para-hydroxylation sites is 1. The van der Waals surface area contributed by atoms with Crippen LogP contribution in [0.3, 0.4) is 0 Å². The van der Waals surface area contributed by atoms with E-state index in [4.69, 9.17) is 4.74 Å². The van der Waals surface area contributed by atoms with E-state index >= 15 is 0 Å². The molecule has 0 saturated carbocycles. The summed E-state index contributed by atoms with van der Waals surface area (Å²) in [5.41, 5.74) is 1.70. The van der Waals surface area contributed by atoms with Gasteiger partial charge in [-0.15, -0.1) is 0 Å². The lowest BCUT2D eigenvalue weighted by Crippen LogP contribution is -2.17. The number of ketones is 1. The number of anilines is 1. The van der Waals surface area contributed by atoms with Crippen LogP contribution < -0.4 is 5.32 Å². The number of nitrogens with one attached hydrogen (secondary N) is 1. The number of ether oxygens (including phenoxy) is 1. The first-order chi connectivity index (χ1) is 7.77. The highest BCUT2D eigenvalue weighted by Crippen LogP contribution is 2.21. The summed E-state index contributed by atoms with van der Waals surface area (Å²) in [4.78, 5) is 11.4. The number of carbonyl (C=O) groups is 1. The average Bonchev–Trinajstić information content (AvgIpc) is 2.31. The predicted molar refractivity (Wildman–Crippen MR) is 63.0 cm³/mol. The van der Waals surface area contributed by atoms with E-state index in [-0.39, 0.29) is 5.78 Å². The second-order valence-electron chi connectivity index (χ2n) is 3.81. The standard InChI is InChI=1S/C13H15NO2/c1-10(15)12-8-5-9-16-13(12)14-11-6-3-2-4-7-11/h2-4,6-7,14H,5,8-9H2,1H3. The summed E-state index contributed by atoms with van der Waals surface area (Å²) in [6.45, 7) is 2.25. The van der Waals surface area contributed by atoms with Crippen molar-refractivity contribution in [1.82, 2.24) is 0 Å². The molecule has 3 nitrogen and oxygen atoms in total. The molecule has 3 heteroatoms. The molecule has 0 unspecified atom stereocenters. The Morgan fingerprint density at radius 1 is 1.31 bits per heavy atom. The SMILES string of the molecule is CC(=O)C1=C(Nc2ccccc2)OCCC1. The van der Waals surface area contributed by atoms with Crippen molar-refractivity contribution in [2.75, 3.05) is 11.9 Å². The van der Waals surface area contributed by atoms with Crippen LogP contribution in [0.5, 0.6) is 0 Å². The Bertz CT molecular complexity index is 409. The highest BCUT2D eigenvalue weighted by Gasteiger charge is 2.17. The number of rotatable bonds is 3. The topological polar surface area (TPSA) is 38.3 Å². The fraction of sp³-hybridized carbons (Fsp3) is 0.308. The van der Waals surface area contributed by atoms with Crippen LogP contribution in [-0.4, -0.2) is 12.4 Å². The maximum Gasteiger partial charge on any atom is 0.198 e. The summed E-state index contributed by atoms with van der Waals surface area (Å²) in [5, 5.41) is 3.15. The first-order valence-corrected chi connectivity index (χ1v) is 5.46. The molecule has 84 valence electrons. The summed E-state index contributed by atoms with van der Waals surface area (Å²) in [6.07, 6.45) is 1.71. The molecule has 0 saturated heterocycles. The van der Waals surface area contributed by atoms with Gasteiger partial charge in [0.25, 0.3) is 0 Å².